The molecule has 2 N–H and O–H groups in total. The maximum Gasteiger partial charge on any atom is 0.255 e. The molecule has 0 bridgehead atoms. The Morgan fingerprint density at radius 3 is 2.40 bits per heavy atom. The Labute approximate surface area is 325 Å². The zero-order chi connectivity index (χ0) is 37.5. The molecular weight excluding hydrogens is 683 g/mol. The molecule has 3 fully saturated rings. The zero-order valence-corrected chi connectivity index (χ0v) is 31.8. The van der Waals surface area contributed by atoms with Crippen LogP contribution < -0.4 is 10.2 Å². The molecule has 3 atom stereocenters. The minimum absolute atomic E-state index is 0.0316. The number of fused-ring (bicyclic) bond motifs is 2. The maximum atomic E-state index is 13.2. The van der Waals surface area contributed by atoms with Crippen molar-refractivity contribution in [2.75, 3.05) is 57.3 Å². The van der Waals surface area contributed by atoms with E-state index in [4.69, 9.17) is 0 Å². The van der Waals surface area contributed by atoms with Crippen LogP contribution in [0.15, 0.2) is 103 Å². The van der Waals surface area contributed by atoms with E-state index >= 15 is 0 Å². The third-order valence-corrected chi connectivity index (χ3v) is 13.0. The van der Waals surface area contributed by atoms with E-state index in [1.54, 1.807) is 4.90 Å². The molecule has 0 saturated carbocycles. The topological polar surface area (TPSA) is 79.4 Å². The summed E-state index contributed by atoms with van der Waals surface area (Å²) in [4.78, 5) is 35.3. The number of phenols is 1. The Balaban J connectivity index is 0.755. The largest absolute Gasteiger partial charge is 0.508 e. The Kier molecular flexibility index (Phi) is 9.96. The van der Waals surface area contributed by atoms with Crippen LogP contribution in [-0.4, -0.2) is 90.0 Å². The molecule has 4 aromatic rings. The van der Waals surface area contributed by atoms with Gasteiger partial charge in [0.1, 0.15) is 11.8 Å². The summed E-state index contributed by atoms with van der Waals surface area (Å²) >= 11 is 0. The molecule has 0 unspecified atom stereocenters. The number of rotatable bonds is 9. The molecule has 0 radical (unpaired) electrons. The van der Waals surface area contributed by atoms with Crippen molar-refractivity contribution in [1.82, 2.24) is 20.0 Å². The molecular formula is C47H53N5O3. The van der Waals surface area contributed by atoms with Crippen LogP contribution in [-0.2, 0) is 24.2 Å². The van der Waals surface area contributed by atoms with E-state index in [0.29, 0.717) is 37.0 Å². The van der Waals surface area contributed by atoms with Crippen molar-refractivity contribution in [2.45, 2.75) is 62.9 Å². The SMILES string of the molecule is C=C1CC[C@H](N2Cc3cc(CCN4CCCN(CC5CN(c6ccc([C@H]7c8ccc(O)cc8CC[C@H]7c7ccccc7)cc6)C5)CC4)ccc3C2=O)C(=O)N1. The number of amides is 2. The van der Waals surface area contributed by atoms with Crippen molar-refractivity contribution in [3.8, 4) is 5.75 Å². The highest BCUT2D eigenvalue weighted by atomic mass is 16.3. The highest BCUT2D eigenvalue weighted by Gasteiger charge is 2.38. The molecule has 3 saturated heterocycles. The minimum Gasteiger partial charge on any atom is -0.508 e. The molecule has 8 heteroatoms. The van der Waals surface area contributed by atoms with Crippen LogP contribution in [0.25, 0.3) is 0 Å². The van der Waals surface area contributed by atoms with Gasteiger partial charge in [-0.05, 0) is 121 Å². The van der Waals surface area contributed by atoms with Gasteiger partial charge in [-0.1, -0.05) is 67.2 Å². The number of nitrogens with one attached hydrogen (secondary N) is 1. The predicted molar refractivity (Wildman–Crippen MR) is 217 cm³/mol. The fourth-order valence-electron chi connectivity index (χ4n) is 10.0. The summed E-state index contributed by atoms with van der Waals surface area (Å²) in [7, 11) is 0. The number of hydrogen-bond donors (Lipinski definition) is 2. The molecule has 4 heterocycles. The lowest BCUT2D eigenvalue weighted by Gasteiger charge is -2.43. The number of aromatic hydroxyl groups is 1. The zero-order valence-electron chi connectivity index (χ0n) is 31.8. The lowest BCUT2D eigenvalue weighted by molar-refractivity contribution is -0.126. The molecule has 4 aromatic carbocycles. The van der Waals surface area contributed by atoms with Gasteiger partial charge in [0, 0.05) is 74.6 Å². The van der Waals surface area contributed by atoms with E-state index in [1.807, 2.05) is 18.2 Å². The average Bonchev–Trinajstić information content (AvgIpc) is 3.33. The molecule has 4 aliphatic heterocycles. The molecule has 0 aromatic heterocycles. The first-order valence-corrected chi connectivity index (χ1v) is 20.4. The highest BCUT2D eigenvalue weighted by Crippen LogP contribution is 2.47. The Morgan fingerprint density at radius 2 is 1.58 bits per heavy atom. The van der Waals surface area contributed by atoms with E-state index in [9.17, 15) is 14.7 Å². The van der Waals surface area contributed by atoms with E-state index in [0.717, 1.165) is 88.4 Å². The fraction of sp³-hybridized carbons (Fsp3) is 0.404. The smallest absolute Gasteiger partial charge is 0.255 e. The van der Waals surface area contributed by atoms with Gasteiger partial charge >= 0.3 is 0 Å². The molecule has 9 rings (SSSR count). The molecule has 8 nitrogen and oxygen atoms in total. The van der Waals surface area contributed by atoms with Crippen molar-refractivity contribution in [2.24, 2.45) is 5.92 Å². The summed E-state index contributed by atoms with van der Waals surface area (Å²) in [5, 5.41) is 13.0. The lowest BCUT2D eigenvalue weighted by Crippen LogP contribution is -2.52. The number of carbonyl (C=O) groups is 2. The van der Waals surface area contributed by atoms with Crippen LogP contribution in [0.2, 0.25) is 0 Å². The van der Waals surface area contributed by atoms with Crippen molar-refractivity contribution < 1.29 is 14.7 Å². The van der Waals surface area contributed by atoms with Gasteiger partial charge in [-0.2, -0.15) is 0 Å². The summed E-state index contributed by atoms with van der Waals surface area (Å²) in [6.07, 6.45) is 5.57. The summed E-state index contributed by atoms with van der Waals surface area (Å²) in [6.45, 7) is 13.3. The summed E-state index contributed by atoms with van der Waals surface area (Å²) in [5.41, 5.74) is 10.5. The van der Waals surface area contributed by atoms with Crippen LogP contribution in [0.3, 0.4) is 0 Å². The number of allylic oxidation sites excluding steroid dienone is 1. The van der Waals surface area contributed by atoms with E-state index in [-0.39, 0.29) is 17.7 Å². The second-order valence-electron chi connectivity index (χ2n) is 16.6. The summed E-state index contributed by atoms with van der Waals surface area (Å²) in [6, 6.07) is 32.1. The first-order valence-electron chi connectivity index (χ1n) is 20.4. The number of anilines is 1. The Bertz CT molecular complexity index is 2060. The van der Waals surface area contributed by atoms with Crippen molar-refractivity contribution in [1.29, 1.82) is 0 Å². The van der Waals surface area contributed by atoms with Gasteiger partial charge < -0.3 is 30.0 Å². The molecule has 5 aliphatic rings. The van der Waals surface area contributed by atoms with Crippen LogP contribution in [0.5, 0.6) is 5.75 Å². The van der Waals surface area contributed by atoms with Gasteiger partial charge in [-0.15, -0.1) is 0 Å². The van der Waals surface area contributed by atoms with Gasteiger partial charge in [0.15, 0.2) is 0 Å². The number of aryl methyl sites for hydroxylation is 1. The fourth-order valence-corrected chi connectivity index (χ4v) is 10.0. The number of nitrogens with zero attached hydrogens (tertiary/aromatic N) is 4. The summed E-state index contributed by atoms with van der Waals surface area (Å²) < 4.78 is 0. The Hall–Kier alpha value is -4.92. The normalized spacial score (nSPS) is 23.6. The van der Waals surface area contributed by atoms with Crippen molar-refractivity contribution >= 4 is 17.5 Å². The minimum atomic E-state index is -0.416. The van der Waals surface area contributed by atoms with Crippen molar-refractivity contribution in [3.05, 3.63) is 142 Å². The monoisotopic (exact) mass is 735 g/mol. The molecule has 55 heavy (non-hydrogen) atoms. The quantitative estimate of drug-likeness (QED) is 0.200. The van der Waals surface area contributed by atoms with Gasteiger partial charge in [0.2, 0.25) is 5.91 Å². The lowest BCUT2D eigenvalue weighted by atomic mass is 9.69. The first kappa shape index (κ1) is 35.8. The van der Waals surface area contributed by atoms with Crippen LogP contribution in [0, 0.1) is 5.92 Å². The third kappa shape index (κ3) is 7.42. The predicted octanol–water partition coefficient (Wildman–Crippen LogP) is 6.69. The number of piperidine rings is 1. The van der Waals surface area contributed by atoms with Crippen molar-refractivity contribution in [3.63, 3.8) is 0 Å². The average molecular weight is 736 g/mol. The highest BCUT2D eigenvalue weighted by molar-refractivity contribution is 6.01. The number of carbonyl (C=O) groups excluding carboxylic acids is 2. The number of hydrogen-bond acceptors (Lipinski definition) is 6. The molecule has 0 spiro atoms. The van der Waals surface area contributed by atoms with E-state index in [1.165, 1.54) is 39.9 Å². The molecule has 2 amide bonds. The van der Waals surface area contributed by atoms with Crippen LogP contribution >= 0.6 is 0 Å². The van der Waals surface area contributed by atoms with Gasteiger partial charge in [0.25, 0.3) is 5.91 Å². The van der Waals surface area contributed by atoms with Crippen LogP contribution in [0.1, 0.15) is 81.3 Å². The first-order chi connectivity index (χ1) is 26.9. The summed E-state index contributed by atoms with van der Waals surface area (Å²) in [5.74, 6) is 1.59. The second-order valence-corrected chi connectivity index (χ2v) is 16.6. The molecule has 1 aliphatic carbocycles. The van der Waals surface area contributed by atoms with Gasteiger partial charge in [-0.3, -0.25) is 9.59 Å². The van der Waals surface area contributed by atoms with E-state index in [2.05, 4.69) is 99.4 Å². The molecule has 284 valence electrons. The maximum absolute atomic E-state index is 13.2. The van der Waals surface area contributed by atoms with Gasteiger partial charge in [0.05, 0.1) is 0 Å². The number of benzene rings is 4. The van der Waals surface area contributed by atoms with Gasteiger partial charge in [-0.25, -0.2) is 0 Å². The third-order valence-electron chi connectivity index (χ3n) is 13.0. The van der Waals surface area contributed by atoms with E-state index < -0.39 is 6.04 Å². The second kappa shape index (κ2) is 15.3. The Morgan fingerprint density at radius 1 is 0.782 bits per heavy atom. The standard InChI is InChI=1S/C47H53N5O3/c1-32-8-19-44(46(54)48-32)52-31-38-26-33(9-16-43(38)47(52)55)20-23-49-21-5-22-50(25-24-49)28-34-29-51(30-34)39-13-10-36(11-14-39)45-41(35-6-3-2-4-7-35)17-12-37-27-40(53)15-18-42(37)45/h2-4,6-7,9-11,13-16,18,26-27,34,41,44-45,53H,1,5,8,12,17,19-25,28-31H2,(H,48,54)/t41-,44-,45+/m0/s1. The van der Waals surface area contributed by atoms with Crippen LogP contribution in [0.4, 0.5) is 5.69 Å². The number of phenolic OH excluding ortho intramolecular Hbond substituents is 1.